The van der Waals surface area contributed by atoms with Gasteiger partial charge in [-0.3, -0.25) is 14.3 Å². The van der Waals surface area contributed by atoms with E-state index in [1.54, 1.807) is 50.4 Å². The third-order valence-electron chi connectivity index (χ3n) is 5.47. The van der Waals surface area contributed by atoms with Gasteiger partial charge >= 0.3 is 5.97 Å². The van der Waals surface area contributed by atoms with E-state index in [-0.39, 0.29) is 12.5 Å². The third-order valence-corrected chi connectivity index (χ3v) is 6.23. The molecule has 0 atom stereocenters. The lowest BCUT2D eigenvalue weighted by Gasteiger charge is -2.19. The van der Waals surface area contributed by atoms with Crippen LogP contribution in [0.5, 0.6) is 0 Å². The maximum Gasteiger partial charge on any atom is 0.331 e. The molecule has 4 rings (SSSR count). The van der Waals surface area contributed by atoms with Crippen molar-refractivity contribution in [2.45, 2.75) is 19.4 Å². The smallest absolute Gasteiger partial charge is 0.331 e. The molecule has 0 aliphatic rings. The van der Waals surface area contributed by atoms with Crippen molar-refractivity contribution >= 4 is 39.9 Å². The SMILES string of the molecule is CC(C)(C(=O)O)n1ccc(-c2cccc(-c3csc(NC(=O)CNC(=O)c4ccc(N)cc4)n3)c2)n1. The minimum Gasteiger partial charge on any atom is -0.479 e. The van der Waals surface area contributed by atoms with Crippen LogP contribution in [0.15, 0.2) is 66.2 Å². The Hall–Kier alpha value is -4.51. The summed E-state index contributed by atoms with van der Waals surface area (Å²) in [5.41, 5.74) is 8.31. The number of hydrogen-bond acceptors (Lipinski definition) is 7. The summed E-state index contributed by atoms with van der Waals surface area (Å²) in [6.07, 6.45) is 1.64. The number of hydrogen-bond donors (Lipinski definition) is 4. The lowest BCUT2D eigenvalue weighted by molar-refractivity contribution is -0.146. The van der Waals surface area contributed by atoms with E-state index in [0.717, 1.165) is 11.1 Å². The van der Waals surface area contributed by atoms with Gasteiger partial charge in [-0.1, -0.05) is 18.2 Å². The molecule has 36 heavy (non-hydrogen) atoms. The predicted molar refractivity (Wildman–Crippen MR) is 138 cm³/mol. The number of carboxylic acid groups (broad SMARTS) is 1. The average molecular weight is 505 g/mol. The van der Waals surface area contributed by atoms with Gasteiger partial charge in [0.15, 0.2) is 10.7 Å². The summed E-state index contributed by atoms with van der Waals surface area (Å²) in [6, 6.07) is 15.7. The third kappa shape index (κ3) is 5.41. The Bertz CT molecular complexity index is 1420. The second-order valence-corrected chi connectivity index (χ2v) is 9.34. The maximum absolute atomic E-state index is 12.3. The summed E-state index contributed by atoms with van der Waals surface area (Å²) in [4.78, 5) is 40.4. The number of aliphatic carboxylic acids is 1. The number of nitrogen functional groups attached to an aromatic ring is 1. The largest absolute Gasteiger partial charge is 0.479 e. The minimum absolute atomic E-state index is 0.205. The first-order chi connectivity index (χ1) is 17.1. The summed E-state index contributed by atoms with van der Waals surface area (Å²) in [6.45, 7) is 2.96. The van der Waals surface area contributed by atoms with Gasteiger partial charge in [-0.05, 0) is 50.2 Å². The standard InChI is InChI=1S/C25H24N6O4S/c1-25(2,23(34)35)31-11-10-19(30-31)16-4-3-5-17(12-16)20-14-36-24(28-20)29-21(32)13-27-22(33)15-6-8-18(26)9-7-15/h3-12,14H,13,26H2,1-2H3,(H,27,33)(H,34,35)(H,28,29,32). The number of carbonyl (C=O) groups excluding carboxylic acids is 2. The highest BCUT2D eigenvalue weighted by Crippen LogP contribution is 2.29. The number of amides is 2. The molecule has 184 valence electrons. The van der Waals surface area contributed by atoms with E-state index in [4.69, 9.17) is 5.73 Å². The second-order valence-electron chi connectivity index (χ2n) is 8.48. The number of carbonyl (C=O) groups is 3. The predicted octanol–water partition coefficient (Wildman–Crippen LogP) is 3.44. The number of anilines is 2. The summed E-state index contributed by atoms with van der Waals surface area (Å²) >= 11 is 1.26. The van der Waals surface area contributed by atoms with E-state index >= 15 is 0 Å². The fraction of sp³-hybridized carbons (Fsp3) is 0.160. The van der Waals surface area contributed by atoms with Gasteiger partial charge in [0.1, 0.15) is 0 Å². The van der Waals surface area contributed by atoms with Crippen molar-refractivity contribution in [1.82, 2.24) is 20.1 Å². The summed E-state index contributed by atoms with van der Waals surface area (Å²) in [5.74, 6) is -1.76. The first-order valence-corrected chi connectivity index (χ1v) is 11.8. The fourth-order valence-electron chi connectivity index (χ4n) is 3.25. The van der Waals surface area contributed by atoms with E-state index < -0.39 is 17.4 Å². The first-order valence-electron chi connectivity index (χ1n) is 10.9. The zero-order valence-corrected chi connectivity index (χ0v) is 20.4. The van der Waals surface area contributed by atoms with Crippen LogP contribution in [0.1, 0.15) is 24.2 Å². The van der Waals surface area contributed by atoms with Crippen LogP contribution in [-0.4, -0.2) is 44.2 Å². The van der Waals surface area contributed by atoms with E-state index in [0.29, 0.717) is 27.8 Å². The lowest BCUT2D eigenvalue weighted by atomic mass is 10.1. The van der Waals surface area contributed by atoms with Gasteiger partial charge < -0.3 is 21.5 Å². The van der Waals surface area contributed by atoms with Crippen LogP contribution in [0.25, 0.3) is 22.5 Å². The Morgan fingerprint density at radius 3 is 2.44 bits per heavy atom. The van der Waals surface area contributed by atoms with Crippen LogP contribution >= 0.6 is 11.3 Å². The molecule has 0 radical (unpaired) electrons. The van der Waals surface area contributed by atoms with Crippen molar-refractivity contribution < 1.29 is 19.5 Å². The molecule has 5 N–H and O–H groups in total. The normalized spacial score (nSPS) is 11.2. The Morgan fingerprint density at radius 2 is 1.75 bits per heavy atom. The van der Waals surface area contributed by atoms with E-state index in [2.05, 4.69) is 20.7 Å². The van der Waals surface area contributed by atoms with Crippen molar-refractivity contribution in [3.63, 3.8) is 0 Å². The molecule has 2 aromatic heterocycles. The van der Waals surface area contributed by atoms with Gasteiger partial charge in [0, 0.05) is 34.0 Å². The molecule has 0 aliphatic carbocycles. The monoisotopic (exact) mass is 504 g/mol. The van der Waals surface area contributed by atoms with Crippen molar-refractivity contribution in [2.24, 2.45) is 0 Å². The van der Waals surface area contributed by atoms with Crippen molar-refractivity contribution in [3.05, 3.63) is 71.7 Å². The van der Waals surface area contributed by atoms with E-state index in [1.807, 2.05) is 29.6 Å². The van der Waals surface area contributed by atoms with Gasteiger partial charge in [0.2, 0.25) is 5.91 Å². The van der Waals surface area contributed by atoms with Crippen LogP contribution in [0, 0.1) is 0 Å². The zero-order valence-electron chi connectivity index (χ0n) is 19.6. The molecule has 0 unspecified atom stereocenters. The Kier molecular flexibility index (Phi) is 6.84. The molecule has 0 spiro atoms. The van der Waals surface area contributed by atoms with Crippen molar-refractivity contribution in [3.8, 4) is 22.5 Å². The molecular formula is C25H24N6O4S. The highest BCUT2D eigenvalue weighted by Gasteiger charge is 2.30. The number of aromatic nitrogens is 3. The van der Waals surface area contributed by atoms with Gasteiger partial charge in [0.05, 0.1) is 17.9 Å². The van der Waals surface area contributed by atoms with Gasteiger partial charge in [-0.15, -0.1) is 11.3 Å². The van der Waals surface area contributed by atoms with Crippen molar-refractivity contribution in [2.75, 3.05) is 17.6 Å². The molecule has 2 aromatic carbocycles. The van der Waals surface area contributed by atoms with Crippen LogP contribution in [0.3, 0.4) is 0 Å². The zero-order chi connectivity index (χ0) is 25.9. The number of nitrogens with zero attached hydrogens (tertiary/aromatic N) is 3. The van der Waals surface area contributed by atoms with Crippen LogP contribution in [0.2, 0.25) is 0 Å². The summed E-state index contributed by atoms with van der Waals surface area (Å²) in [5, 5.41) is 21.3. The quantitative estimate of drug-likeness (QED) is 0.268. The maximum atomic E-state index is 12.3. The van der Waals surface area contributed by atoms with E-state index in [1.165, 1.54) is 16.0 Å². The van der Waals surface area contributed by atoms with Gasteiger partial charge in [-0.25, -0.2) is 9.78 Å². The second kappa shape index (κ2) is 10.0. The Balaban J connectivity index is 1.40. The summed E-state index contributed by atoms with van der Waals surface area (Å²) in [7, 11) is 0. The topological polar surface area (TPSA) is 152 Å². The molecular weight excluding hydrogens is 480 g/mol. The number of thiazole rings is 1. The molecule has 10 nitrogen and oxygen atoms in total. The highest BCUT2D eigenvalue weighted by molar-refractivity contribution is 7.14. The molecule has 0 saturated heterocycles. The number of nitrogens with two attached hydrogens (primary N) is 1. The fourth-order valence-corrected chi connectivity index (χ4v) is 3.99. The molecule has 0 aliphatic heterocycles. The summed E-state index contributed by atoms with van der Waals surface area (Å²) < 4.78 is 1.42. The average Bonchev–Trinajstić information content (AvgIpc) is 3.54. The molecule has 0 saturated carbocycles. The minimum atomic E-state index is -1.17. The molecule has 4 aromatic rings. The highest BCUT2D eigenvalue weighted by atomic mass is 32.1. The first kappa shape index (κ1) is 24.6. The molecule has 0 bridgehead atoms. The number of benzene rings is 2. The Labute approximate surface area is 210 Å². The Morgan fingerprint density at radius 1 is 1.06 bits per heavy atom. The van der Waals surface area contributed by atoms with Crippen molar-refractivity contribution in [1.29, 1.82) is 0 Å². The number of carboxylic acids is 1. The van der Waals surface area contributed by atoms with E-state index in [9.17, 15) is 19.5 Å². The molecule has 2 amide bonds. The molecule has 0 fully saturated rings. The van der Waals surface area contributed by atoms with Gasteiger partial charge in [0.25, 0.3) is 5.91 Å². The molecule has 11 heteroatoms. The number of rotatable bonds is 8. The van der Waals surface area contributed by atoms with Crippen LogP contribution in [0.4, 0.5) is 10.8 Å². The van der Waals surface area contributed by atoms with Crippen LogP contribution < -0.4 is 16.4 Å². The number of nitrogens with one attached hydrogen (secondary N) is 2. The van der Waals surface area contributed by atoms with Crippen LogP contribution in [-0.2, 0) is 15.1 Å². The lowest BCUT2D eigenvalue weighted by Crippen LogP contribution is -2.36. The van der Waals surface area contributed by atoms with Gasteiger partial charge in [-0.2, -0.15) is 5.10 Å². The molecule has 2 heterocycles.